The molecule has 8 rings (SSSR count). The summed E-state index contributed by atoms with van der Waals surface area (Å²) < 4.78 is 2.31. The lowest BCUT2D eigenvalue weighted by atomic mass is 9.73. The van der Waals surface area contributed by atoms with Crippen LogP contribution >= 0.6 is 0 Å². The lowest BCUT2D eigenvalue weighted by molar-refractivity contribution is 0.632. The summed E-state index contributed by atoms with van der Waals surface area (Å²) in [6, 6.07) is 50.8. The van der Waals surface area contributed by atoms with Crippen LogP contribution < -0.4 is 4.90 Å². The molecule has 7 aromatic rings. The first-order chi connectivity index (χ1) is 22.0. The molecule has 0 unspecified atom stereocenters. The van der Waals surface area contributed by atoms with Crippen LogP contribution in [0.4, 0.5) is 17.1 Å². The Morgan fingerprint density at radius 2 is 1.11 bits per heavy atom. The third kappa shape index (κ3) is 3.90. The Morgan fingerprint density at radius 3 is 1.71 bits per heavy atom. The van der Waals surface area contributed by atoms with Gasteiger partial charge in [-0.3, -0.25) is 0 Å². The van der Waals surface area contributed by atoms with Crippen LogP contribution in [0.1, 0.15) is 36.1 Å². The fourth-order valence-corrected chi connectivity index (χ4v) is 7.16. The number of aromatic nitrogens is 1. The Labute approximate surface area is 262 Å². The number of rotatable bonds is 3. The van der Waals surface area contributed by atoms with E-state index in [2.05, 4.69) is 151 Å². The van der Waals surface area contributed by atoms with Crippen molar-refractivity contribution in [2.75, 3.05) is 4.90 Å². The number of nitriles is 2. The molecule has 6 aromatic carbocycles. The van der Waals surface area contributed by atoms with Crippen LogP contribution in [0.15, 0.2) is 133 Å². The molecule has 4 nitrogen and oxygen atoms in total. The number of nitrogens with zero attached hydrogens (tertiary/aromatic N) is 4. The highest BCUT2D eigenvalue weighted by molar-refractivity contribution is 6.09. The van der Waals surface area contributed by atoms with Gasteiger partial charge in [0, 0.05) is 33.1 Å². The maximum atomic E-state index is 10.2. The van der Waals surface area contributed by atoms with Crippen molar-refractivity contribution in [2.24, 2.45) is 0 Å². The number of anilines is 3. The SMILES string of the molecule is CC1(C)c2ccccc2N(c2cc(-c3cccc(C#N)c3C#N)cc(-n3c4ccccc4c4ccccc43)c2)c2ccccc21. The second kappa shape index (κ2) is 9.98. The van der Waals surface area contributed by atoms with Crippen LogP contribution in [0, 0.1) is 22.7 Å². The molecular formula is C41H28N4. The Hall–Kier alpha value is -6.10. The van der Waals surface area contributed by atoms with E-state index in [0.717, 1.165) is 44.9 Å². The van der Waals surface area contributed by atoms with Crippen LogP contribution in [0.25, 0.3) is 38.6 Å². The van der Waals surface area contributed by atoms with Gasteiger partial charge in [-0.05, 0) is 65.2 Å². The van der Waals surface area contributed by atoms with E-state index in [1.165, 1.54) is 21.9 Å². The van der Waals surface area contributed by atoms with Crippen molar-refractivity contribution < 1.29 is 0 Å². The van der Waals surface area contributed by atoms with Gasteiger partial charge in [-0.25, -0.2) is 0 Å². The lowest BCUT2D eigenvalue weighted by Crippen LogP contribution is -2.30. The minimum absolute atomic E-state index is 0.188. The molecule has 212 valence electrons. The fourth-order valence-electron chi connectivity index (χ4n) is 7.16. The second-order valence-corrected chi connectivity index (χ2v) is 12.1. The number of hydrogen-bond donors (Lipinski definition) is 0. The van der Waals surface area contributed by atoms with E-state index < -0.39 is 0 Å². The van der Waals surface area contributed by atoms with Crippen molar-refractivity contribution in [3.05, 3.63) is 156 Å². The summed E-state index contributed by atoms with van der Waals surface area (Å²) >= 11 is 0. The number of para-hydroxylation sites is 4. The lowest BCUT2D eigenvalue weighted by Gasteiger charge is -2.42. The number of fused-ring (bicyclic) bond motifs is 5. The normalized spacial score (nSPS) is 13.2. The van der Waals surface area contributed by atoms with Crippen molar-refractivity contribution in [1.82, 2.24) is 4.57 Å². The number of benzene rings is 6. The molecule has 45 heavy (non-hydrogen) atoms. The zero-order valence-electron chi connectivity index (χ0n) is 25.0. The maximum absolute atomic E-state index is 10.2. The monoisotopic (exact) mass is 576 g/mol. The van der Waals surface area contributed by atoms with Crippen LogP contribution in [-0.2, 0) is 5.41 Å². The predicted octanol–water partition coefficient (Wildman–Crippen LogP) is 10.3. The van der Waals surface area contributed by atoms with Crippen LogP contribution in [0.2, 0.25) is 0 Å². The highest BCUT2D eigenvalue weighted by atomic mass is 15.2. The fraction of sp³-hybridized carbons (Fsp3) is 0.0732. The highest BCUT2D eigenvalue weighted by Gasteiger charge is 2.36. The van der Waals surface area contributed by atoms with Crippen LogP contribution in [0.3, 0.4) is 0 Å². The standard InChI is InChI=1S/C41H28N4/c1-41(2)35-16-5-9-20-39(35)45(40-21-10-6-17-36(40)41)30-23-28(31-15-11-12-27(25-42)34(31)26-43)22-29(24-30)44-37-18-7-3-13-32(37)33-14-4-8-19-38(33)44/h3-24H,1-2H3. The van der Waals surface area contributed by atoms with Gasteiger partial charge in [0.1, 0.15) is 12.1 Å². The van der Waals surface area contributed by atoms with Crippen molar-refractivity contribution in [3.63, 3.8) is 0 Å². The van der Waals surface area contributed by atoms with Gasteiger partial charge in [-0.2, -0.15) is 10.5 Å². The first kappa shape index (κ1) is 26.5. The molecule has 0 amide bonds. The summed E-state index contributed by atoms with van der Waals surface area (Å²) in [6.45, 7) is 4.57. The Bertz CT molecular complexity index is 2290. The van der Waals surface area contributed by atoms with Gasteiger partial charge in [0.05, 0.1) is 33.5 Å². The molecular weight excluding hydrogens is 548 g/mol. The molecule has 1 aliphatic heterocycles. The number of hydrogen-bond acceptors (Lipinski definition) is 3. The molecule has 0 radical (unpaired) electrons. The molecule has 0 saturated carbocycles. The molecule has 0 spiro atoms. The van der Waals surface area contributed by atoms with Gasteiger partial charge in [0.2, 0.25) is 0 Å². The van der Waals surface area contributed by atoms with Gasteiger partial charge in [0.25, 0.3) is 0 Å². The van der Waals surface area contributed by atoms with E-state index in [-0.39, 0.29) is 5.41 Å². The molecule has 0 N–H and O–H groups in total. The van der Waals surface area contributed by atoms with E-state index in [0.29, 0.717) is 11.1 Å². The van der Waals surface area contributed by atoms with Crippen molar-refractivity contribution >= 4 is 38.9 Å². The Kier molecular flexibility index (Phi) is 5.88. The van der Waals surface area contributed by atoms with Crippen molar-refractivity contribution in [1.29, 1.82) is 10.5 Å². The molecule has 4 heteroatoms. The molecule has 2 heterocycles. The topological polar surface area (TPSA) is 55.8 Å². The Morgan fingerprint density at radius 1 is 0.556 bits per heavy atom. The molecule has 1 aliphatic rings. The summed E-state index contributed by atoms with van der Waals surface area (Å²) in [4.78, 5) is 2.34. The zero-order valence-corrected chi connectivity index (χ0v) is 25.0. The molecule has 0 saturated heterocycles. The third-order valence-corrected chi connectivity index (χ3v) is 9.24. The van der Waals surface area contributed by atoms with E-state index in [1.807, 2.05) is 12.1 Å². The van der Waals surface area contributed by atoms with Crippen LogP contribution in [0.5, 0.6) is 0 Å². The average molecular weight is 577 g/mol. The molecule has 0 fully saturated rings. The highest BCUT2D eigenvalue weighted by Crippen LogP contribution is 2.52. The van der Waals surface area contributed by atoms with Gasteiger partial charge in [-0.15, -0.1) is 0 Å². The first-order valence-electron chi connectivity index (χ1n) is 15.1. The summed E-state index contributed by atoms with van der Waals surface area (Å²) in [6.07, 6.45) is 0. The maximum Gasteiger partial charge on any atom is 0.101 e. The van der Waals surface area contributed by atoms with Gasteiger partial charge in [-0.1, -0.05) is 98.8 Å². The first-order valence-corrected chi connectivity index (χ1v) is 15.1. The van der Waals surface area contributed by atoms with E-state index >= 15 is 0 Å². The quantitative estimate of drug-likeness (QED) is 0.210. The summed E-state index contributed by atoms with van der Waals surface area (Å²) in [5.74, 6) is 0. The third-order valence-electron chi connectivity index (χ3n) is 9.24. The summed E-state index contributed by atoms with van der Waals surface area (Å²) in [7, 11) is 0. The second-order valence-electron chi connectivity index (χ2n) is 12.1. The Balaban J connectivity index is 1.49. The average Bonchev–Trinajstić information content (AvgIpc) is 3.42. The minimum atomic E-state index is -0.188. The minimum Gasteiger partial charge on any atom is -0.310 e. The molecule has 1 aromatic heterocycles. The van der Waals surface area contributed by atoms with Gasteiger partial charge < -0.3 is 9.47 Å². The smallest absolute Gasteiger partial charge is 0.101 e. The van der Waals surface area contributed by atoms with Crippen molar-refractivity contribution in [3.8, 4) is 29.0 Å². The molecule has 0 bridgehead atoms. The zero-order chi connectivity index (χ0) is 30.7. The van der Waals surface area contributed by atoms with Crippen molar-refractivity contribution in [2.45, 2.75) is 19.3 Å². The molecule has 0 atom stereocenters. The van der Waals surface area contributed by atoms with E-state index in [1.54, 1.807) is 6.07 Å². The predicted molar refractivity (Wildman–Crippen MR) is 182 cm³/mol. The van der Waals surface area contributed by atoms with Gasteiger partial charge in [0.15, 0.2) is 0 Å². The summed E-state index contributed by atoms with van der Waals surface area (Å²) in [5, 5.41) is 22.5. The van der Waals surface area contributed by atoms with Crippen LogP contribution in [-0.4, -0.2) is 4.57 Å². The summed E-state index contributed by atoms with van der Waals surface area (Å²) in [5.41, 5.74) is 11.1. The van der Waals surface area contributed by atoms with E-state index in [4.69, 9.17) is 0 Å². The van der Waals surface area contributed by atoms with Gasteiger partial charge >= 0.3 is 0 Å². The van der Waals surface area contributed by atoms with E-state index in [9.17, 15) is 10.5 Å². The molecule has 0 aliphatic carbocycles. The largest absolute Gasteiger partial charge is 0.310 e.